The predicted molar refractivity (Wildman–Crippen MR) is 74.6 cm³/mol. The molecule has 0 radical (unpaired) electrons. The zero-order chi connectivity index (χ0) is 13.1. The molecule has 0 bridgehead atoms. The second kappa shape index (κ2) is 5.53. The topological polar surface area (TPSA) is 44.8 Å². The van der Waals surface area contributed by atoms with E-state index in [4.69, 9.17) is 0 Å². The summed E-state index contributed by atoms with van der Waals surface area (Å²) in [6.07, 6.45) is 7.63. The van der Waals surface area contributed by atoms with Crippen molar-refractivity contribution in [2.24, 2.45) is 0 Å². The molecule has 1 aliphatic heterocycles. The lowest BCUT2D eigenvalue weighted by molar-refractivity contribution is 0.137. The van der Waals surface area contributed by atoms with Gasteiger partial charge in [-0.2, -0.15) is 5.10 Å². The van der Waals surface area contributed by atoms with E-state index in [1.807, 2.05) is 19.3 Å². The van der Waals surface area contributed by atoms with Gasteiger partial charge in [0.05, 0.1) is 11.7 Å². The fourth-order valence-electron chi connectivity index (χ4n) is 2.81. The highest BCUT2D eigenvalue weighted by Gasteiger charge is 2.24. The van der Waals surface area contributed by atoms with Crippen LogP contribution in [0.3, 0.4) is 0 Å². The average molecular weight is 256 g/mol. The number of hydrogen-bond donors (Lipinski definition) is 1. The van der Waals surface area contributed by atoms with Gasteiger partial charge in [0.15, 0.2) is 0 Å². The fourth-order valence-corrected chi connectivity index (χ4v) is 2.81. The first kappa shape index (κ1) is 12.4. The molecule has 0 saturated carbocycles. The Balaban J connectivity index is 1.75. The van der Waals surface area contributed by atoms with E-state index >= 15 is 0 Å². The van der Waals surface area contributed by atoms with Crippen molar-refractivity contribution in [1.82, 2.24) is 20.1 Å². The minimum Gasteiger partial charge on any atom is -0.290 e. The summed E-state index contributed by atoms with van der Waals surface area (Å²) in [6.45, 7) is 4.15. The van der Waals surface area contributed by atoms with Gasteiger partial charge < -0.3 is 0 Å². The Bertz CT molecular complexity index is 503. The van der Waals surface area contributed by atoms with Crippen LogP contribution in [0.5, 0.6) is 0 Å². The van der Waals surface area contributed by atoms with Crippen LogP contribution < -0.4 is 0 Å². The number of H-pyrrole nitrogens is 1. The maximum atomic E-state index is 4.39. The number of pyridine rings is 1. The van der Waals surface area contributed by atoms with Crippen LogP contribution in [-0.2, 0) is 6.54 Å². The lowest BCUT2D eigenvalue weighted by atomic mass is 9.99. The lowest BCUT2D eigenvalue weighted by Gasteiger charge is -2.35. The van der Waals surface area contributed by atoms with E-state index in [-0.39, 0.29) is 0 Å². The highest BCUT2D eigenvalue weighted by Crippen LogP contribution is 2.30. The van der Waals surface area contributed by atoms with E-state index in [0.717, 1.165) is 18.8 Å². The maximum absolute atomic E-state index is 4.39. The summed E-state index contributed by atoms with van der Waals surface area (Å²) < 4.78 is 0. The number of aryl methyl sites for hydroxylation is 1. The third-order valence-corrected chi connectivity index (χ3v) is 3.85. The number of rotatable bonds is 3. The molecule has 1 saturated heterocycles. The number of hydrogen-bond acceptors (Lipinski definition) is 3. The van der Waals surface area contributed by atoms with Crippen molar-refractivity contribution < 1.29 is 0 Å². The predicted octanol–water partition coefficient (Wildman–Crippen LogP) is 2.84. The van der Waals surface area contributed by atoms with E-state index in [1.165, 1.54) is 30.5 Å². The lowest BCUT2D eigenvalue weighted by Crippen LogP contribution is -2.33. The summed E-state index contributed by atoms with van der Waals surface area (Å²) in [7, 11) is 0. The van der Waals surface area contributed by atoms with Gasteiger partial charge in [-0.1, -0.05) is 12.5 Å². The van der Waals surface area contributed by atoms with Crippen molar-refractivity contribution in [2.75, 3.05) is 6.54 Å². The molecule has 0 aliphatic carbocycles. The van der Waals surface area contributed by atoms with Crippen LogP contribution in [0.1, 0.15) is 42.3 Å². The Morgan fingerprint density at radius 3 is 3.00 bits per heavy atom. The molecule has 1 atom stereocenters. The van der Waals surface area contributed by atoms with E-state index in [9.17, 15) is 0 Å². The first-order valence-electron chi connectivity index (χ1n) is 6.98. The monoisotopic (exact) mass is 256 g/mol. The molecule has 2 aromatic rings. The number of likely N-dealkylation sites (tertiary alicyclic amines) is 1. The molecule has 3 rings (SSSR count). The third kappa shape index (κ3) is 2.84. The zero-order valence-electron chi connectivity index (χ0n) is 11.3. The van der Waals surface area contributed by atoms with Gasteiger partial charge in [0, 0.05) is 24.6 Å². The van der Waals surface area contributed by atoms with E-state index in [2.05, 4.69) is 38.3 Å². The van der Waals surface area contributed by atoms with Crippen LogP contribution in [0.15, 0.2) is 30.6 Å². The van der Waals surface area contributed by atoms with Crippen molar-refractivity contribution >= 4 is 0 Å². The second-order valence-electron chi connectivity index (χ2n) is 5.30. The number of nitrogens with zero attached hydrogens (tertiary/aromatic N) is 3. The Hall–Kier alpha value is -1.68. The largest absolute Gasteiger partial charge is 0.290 e. The van der Waals surface area contributed by atoms with Gasteiger partial charge in [0.25, 0.3) is 0 Å². The molecule has 1 fully saturated rings. The zero-order valence-corrected chi connectivity index (χ0v) is 11.3. The first-order valence-corrected chi connectivity index (χ1v) is 6.98. The molecular formula is C15H20N4. The number of aromatic amines is 1. The Morgan fingerprint density at radius 2 is 2.26 bits per heavy atom. The maximum Gasteiger partial charge on any atom is 0.0523 e. The van der Waals surface area contributed by atoms with Gasteiger partial charge >= 0.3 is 0 Å². The van der Waals surface area contributed by atoms with Gasteiger partial charge in [-0.05, 0) is 44.0 Å². The summed E-state index contributed by atoms with van der Waals surface area (Å²) in [5.41, 5.74) is 3.60. The van der Waals surface area contributed by atoms with Crippen molar-refractivity contribution in [3.63, 3.8) is 0 Å². The van der Waals surface area contributed by atoms with E-state index in [0.29, 0.717) is 6.04 Å². The summed E-state index contributed by atoms with van der Waals surface area (Å²) in [5, 5.41) is 7.21. The van der Waals surface area contributed by atoms with E-state index < -0.39 is 0 Å². The number of piperidine rings is 1. The van der Waals surface area contributed by atoms with Crippen LogP contribution in [0.4, 0.5) is 0 Å². The smallest absolute Gasteiger partial charge is 0.0523 e. The summed E-state index contributed by atoms with van der Waals surface area (Å²) in [5.74, 6) is 0. The van der Waals surface area contributed by atoms with Gasteiger partial charge in [-0.15, -0.1) is 0 Å². The Morgan fingerprint density at radius 1 is 1.32 bits per heavy atom. The first-order chi connectivity index (χ1) is 9.33. The highest BCUT2D eigenvalue weighted by molar-refractivity contribution is 5.14. The molecule has 19 heavy (non-hydrogen) atoms. The molecular weight excluding hydrogens is 236 g/mol. The molecule has 0 spiro atoms. The fraction of sp³-hybridized carbons (Fsp3) is 0.467. The highest BCUT2D eigenvalue weighted by atomic mass is 15.2. The minimum atomic E-state index is 0.470. The molecule has 0 aromatic carbocycles. The molecule has 1 N–H and O–H groups in total. The Labute approximate surface area is 113 Å². The van der Waals surface area contributed by atoms with Crippen LogP contribution in [0, 0.1) is 6.92 Å². The Kier molecular flexibility index (Phi) is 3.60. The summed E-state index contributed by atoms with van der Waals surface area (Å²) >= 11 is 0. The van der Waals surface area contributed by atoms with Gasteiger partial charge in [0.2, 0.25) is 0 Å². The van der Waals surface area contributed by atoms with Crippen LogP contribution in [0.2, 0.25) is 0 Å². The van der Waals surface area contributed by atoms with E-state index in [1.54, 1.807) is 0 Å². The third-order valence-electron chi connectivity index (χ3n) is 3.85. The van der Waals surface area contributed by atoms with Gasteiger partial charge in [-0.25, -0.2) is 0 Å². The van der Waals surface area contributed by atoms with Crippen LogP contribution in [-0.4, -0.2) is 26.6 Å². The summed E-state index contributed by atoms with van der Waals surface area (Å²) in [6, 6.07) is 6.83. The molecule has 100 valence electrons. The summed E-state index contributed by atoms with van der Waals surface area (Å²) in [4.78, 5) is 6.92. The number of aromatic nitrogens is 3. The molecule has 4 heteroatoms. The van der Waals surface area contributed by atoms with Gasteiger partial charge in [0.1, 0.15) is 0 Å². The minimum absolute atomic E-state index is 0.470. The molecule has 0 unspecified atom stereocenters. The molecule has 4 nitrogen and oxygen atoms in total. The van der Waals surface area contributed by atoms with Crippen molar-refractivity contribution in [2.45, 2.75) is 38.8 Å². The van der Waals surface area contributed by atoms with Gasteiger partial charge in [-0.3, -0.25) is 15.0 Å². The molecule has 1 aliphatic rings. The quantitative estimate of drug-likeness (QED) is 0.918. The van der Waals surface area contributed by atoms with Crippen molar-refractivity contribution in [1.29, 1.82) is 0 Å². The van der Waals surface area contributed by atoms with Crippen LogP contribution in [0.25, 0.3) is 0 Å². The molecule has 0 amide bonds. The average Bonchev–Trinajstić information content (AvgIpc) is 2.96. The normalized spacial score (nSPS) is 20.6. The SMILES string of the molecule is Cc1ccc(CN2CCCC[C@@H]2c2ccn[nH]2)cn1. The van der Waals surface area contributed by atoms with Crippen molar-refractivity contribution in [3.8, 4) is 0 Å². The van der Waals surface area contributed by atoms with Crippen LogP contribution >= 0.6 is 0 Å². The second-order valence-corrected chi connectivity index (χ2v) is 5.30. The molecule has 3 heterocycles. The number of nitrogens with one attached hydrogen (secondary N) is 1. The standard InChI is InChI=1S/C15H20N4/c1-12-5-6-13(10-16-12)11-19-9-3-2-4-15(19)14-7-8-17-18-14/h5-8,10,15H,2-4,9,11H2,1H3,(H,17,18)/t15-/m1/s1. The van der Waals surface area contributed by atoms with Crippen molar-refractivity contribution in [3.05, 3.63) is 47.5 Å². The molecule has 2 aromatic heterocycles.